The first-order valence-electron chi connectivity index (χ1n) is 8.78. The Hall–Kier alpha value is -2.96. The molecular formula is C19H22N4O3. The molecular weight excluding hydrogens is 332 g/mol. The van der Waals surface area contributed by atoms with Crippen LogP contribution in [0.25, 0.3) is 21.9 Å². The number of aryl methyl sites for hydroxylation is 2. The second-order valence-corrected chi connectivity index (χ2v) is 6.37. The molecule has 1 aromatic carbocycles. The van der Waals surface area contributed by atoms with Gasteiger partial charge in [-0.05, 0) is 31.4 Å². The van der Waals surface area contributed by atoms with Crippen molar-refractivity contribution >= 4 is 39.6 Å². The van der Waals surface area contributed by atoms with Crippen LogP contribution in [-0.2, 0) is 16.1 Å². The van der Waals surface area contributed by atoms with Crippen molar-refractivity contribution in [3.8, 4) is 0 Å². The van der Waals surface area contributed by atoms with Crippen LogP contribution in [0, 0.1) is 6.92 Å². The van der Waals surface area contributed by atoms with Crippen molar-refractivity contribution in [1.29, 1.82) is 0 Å². The molecule has 2 heterocycles. The van der Waals surface area contributed by atoms with Gasteiger partial charge < -0.3 is 10.4 Å². The summed E-state index contributed by atoms with van der Waals surface area (Å²) in [5.74, 6) is -0.662. The van der Waals surface area contributed by atoms with Gasteiger partial charge in [-0.2, -0.15) is 5.10 Å². The van der Waals surface area contributed by atoms with Gasteiger partial charge in [0, 0.05) is 24.8 Å². The van der Waals surface area contributed by atoms with Gasteiger partial charge in [0.15, 0.2) is 11.5 Å². The molecule has 0 aliphatic rings. The van der Waals surface area contributed by atoms with Crippen molar-refractivity contribution < 1.29 is 14.7 Å². The predicted molar refractivity (Wildman–Crippen MR) is 100 cm³/mol. The molecule has 3 aromatic rings. The summed E-state index contributed by atoms with van der Waals surface area (Å²) in [5.41, 5.74) is 2.76. The molecule has 0 radical (unpaired) electrons. The zero-order chi connectivity index (χ0) is 18.7. The molecule has 0 saturated carbocycles. The third-order valence-electron chi connectivity index (χ3n) is 4.24. The van der Waals surface area contributed by atoms with E-state index < -0.39 is 5.97 Å². The van der Waals surface area contributed by atoms with E-state index in [1.165, 1.54) is 0 Å². The van der Waals surface area contributed by atoms with E-state index in [0.717, 1.165) is 33.9 Å². The number of benzene rings is 1. The molecule has 1 amide bonds. The molecule has 7 heteroatoms. The Bertz CT molecular complexity index is 978. The van der Waals surface area contributed by atoms with E-state index in [1.807, 2.05) is 35.9 Å². The molecule has 0 bridgehead atoms. The second-order valence-electron chi connectivity index (χ2n) is 6.37. The fourth-order valence-corrected chi connectivity index (χ4v) is 2.98. The fourth-order valence-electron chi connectivity index (χ4n) is 2.98. The van der Waals surface area contributed by atoms with E-state index in [2.05, 4.69) is 17.3 Å². The van der Waals surface area contributed by atoms with E-state index in [1.54, 1.807) is 0 Å². The highest BCUT2D eigenvalue weighted by molar-refractivity contribution is 6.03. The number of aliphatic carboxylic acids is 1. The minimum Gasteiger partial charge on any atom is -0.481 e. The summed E-state index contributed by atoms with van der Waals surface area (Å²) in [5, 5.41) is 17.8. The Morgan fingerprint density at radius 3 is 2.81 bits per heavy atom. The summed E-state index contributed by atoms with van der Waals surface area (Å²) < 4.78 is 1.81. The number of aromatic nitrogens is 3. The lowest BCUT2D eigenvalue weighted by atomic mass is 10.1. The quantitative estimate of drug-likeness (QED) is 0.677. The standard InChI is InChI=1S/C19H22N4O3/c1-3-10-23-19-14(11-13-7-4-6-12(2)17(13)21-19)18(22-23)20-15(24)8-5-9-16(25)26/h4,6-7,11H,3,5,8-10H2,1-2H3,(H,25,26)(H,20,22,24). The Morgan fingerprint density at radius 1 is 1.27 bits per heavy atom. The van der Waals surface area contributed by atoms with Gasteiger partial charge in [0.2, 0.25) is 5.91 Å². The van der Waals surface area contributed by atoms with Crippen molar-refractivity contribution in [2.24, 2.45) is 0 Å². The zero-order valence-corrected chi connectivity index (χ0v) is 15.0. The Balaban J connectivity index is 1.96. The Morgan fingerprint density at radius 2 is 2.08 bits per heavy atom. The number of anilines is 1. The van der Waals surface area contributed by atoms with Crippen LogP contribution in [0.1, 0.15) is 38.2 Å². The number of nitrogens with one attached hydrogen (secondary N) is 1. The molecule has 2 aromatic heterocycles. The lowest BCUT2D eigenvalue weighted by molar-refractivity contribution is -0.137. The number of rotatable bonds is 7. The number of pyridine rings is 1. The van der Waals surface area contributed by atoms with Crippen LogP contribution >= 0.6 is 0 Å². The van der Waals surface area contributed by atoms with Crippen LogP contribution in [0.5, 0.6) is 0 Å². The first kappa shape index (κ1) is 17.8. The van der Waals surface area contributed by atoms with Crippen molar-refractivity contribution in [3.05, 3.63) is 29.8 Å². The molecule has 2 N–H and O–H groups in total. The van der Waals surface area contributed by atoms with E-state index in [9.17, 15) is 9.59 Å². The molecule has 0 spiro atoms. The van der Waals surface area contributed by atoms with E-state index >= 15 is 0 Å². The zero-order valence-electron chi connectivity index (χ0n) is 15.0. The third kappa shape index (κ3) is 3.66. The maximum Gasteiger partial charge on any atom is 0.303 e. The van der Waals surface area contributed by atoms with Gasteiger partial charge in [0.25, 0.3) is 0 Å². The number of amides is 1. The molecule has 136 valence electrons. The predicted octanol–water partition coefficient (Wildman–Crippen LogP) is 3.50. The molecule has 3 rings (SSSR count). The largest absolute Gasteiger partial charge is 0.481 e. The average molecular weight is 354 g/mol. The van der Waals surface area contributed by atoms with Crippen LogP contribution in [0.3, 0.4) is 0 Å². The first-order valence-corrected chi connectivity index (χ1v) is 8.78. The molecule has 26 heavy (non-hydrogen) atoms. The van der Waals surface area contributed by atoms with E-state index in [-0.39, 0.29) is 18.7 Å². The van der Waals surface area contributed by atoms with Gasteiger partial charge in [0.05, 0.1) is 10.9 Å². The topological polar surface area (TPSA) is 97.1 Å². The minimum atomic E-state index is -0.901. The van der Waals surface area contributed by atoms with Crippen LogP contribution in [-0.4, -0.2) is 31.7 Å². The third-order valence-corrected chi connectivity index (χ3v) is 4.24. The highest BCUT2D eigenvalue weighted by atomic mass is 16.4. The lowest BCUT2D eigenvalue weighted by Gasteiger charge is -2.04. The van der Waals surface area contributed by atoms with Gasteiger partial charge in [-0.1, -0.05) is 25.1 Å². The number of carbonyl (C=O) groups excluding carboxylic acids is 1. The number of carboxylic acids is 1. The SMILES string of the molecule is CCCn1nc(NC(=O)CCCC(=O)O)c2cc3cccc(C)c3nc21. The van der Waals surface area contributed by atoms with Crippen LogP contribution in [0.15, 0.2) is 24.3 Å². The Labute approximate surface area is 151 Å². The van der Waals surface area contributed by atoms with E-state index in [4.69, 9.17) is 10.1 Å². The molecule has 0 aliphatic heterocycles. The number of para-hydroxylation sites is 1. The summed E-state index contributed by atoms with van der Waals surface area (Å²) in [7, 11) is 0. The number of hydrogen-bond acceptors (Lipinski definition) is 4. The van der Waals surface area contributed by atoms with Gasteiger partial charge in [-0.25, -0.2) is 9.67 Å². The van der Waals surface area contributed by atoms with Crippen molar-refractivity contribution in [1.82, 2.24) is 14.8 Å². The normalized spacial score (nSPS) is 11.2. The highest BCUT2D eigenvalue weighted by Gasteiger charge is 2.16. The van der Waals surface area contributed by atoms with Crippen LogP contribution < -0.4 is 5.32 Å². The monoisotopic (exact) mass is 354 g/mol. The second kappa shape index (κ2) is 7.51. The number of fused-ring (bicyclic) bond motifs is 2. The van der Waals surface area contributed by atoms with Gasteiger partial charge in [-0.15, -0.1) is 0 Å². The molecule has 0 aliphatic carbocycles. The van der Waals surface area contributed by atoms with Gasteiger partial charge in [0.1, 0.15) is 0 Å². The summed E-state index contributed by atoms with van der Waals surface area (Å²) in [6, 6.07) is 7.99. The van der Waals surface area contributed by atoms with Crippen molar-refractivity contribution in [2.45, 2.75) is 46.1 Å². The molecule has 0 atom stereocenters. The molecule has 0 fully saturated rings. The smallest absolute Gasteiger partial charge is 0.303 e. The maximum absolute atomic E-state index is 12.1. The number of nitrogens with zero attached hydrogens (tertiary/aromatic N) is 3. The minimum absolute atomic E-state index is 0.0239. The first-order chi connectivity index (χ1) is 12.5. The summed E-state index contributed by atoms with van der Waals surface area (Å²) in [6.45, 7) is 4.78. The molecule has 0 saturated heterocycles. The number of hydrogen-bond donors (Lipinski definition) is 2. The van der Waals surface area contributed by atoms with Gasteiger partial charge >= 0.3 is 5.97 Å². The summed E-state index contributed by atoms with van der Waals surface area (Å²) >= 11 is 0. The molecule has 7 nitrogen and oxygen atoms in total. The molecule has 0 unspecified atom stereocenters. The van der Waals surface area contributed by atoms with Crippen LogP contribution in [0.4, 0.5) is 5.82 Å². The number of carbonyl (C=O) groups is 2. The van der Waals surface area contributed by atoms with Crippen molar-refractivity contribution in [3.63, 3.8) is 0 Å². The lowest BCUT2D eigenvalue weighted by Crippen LogP contribution is -2.13. The van der Waals surface area contributed by atoms with Crippen LogP contribution in [0.2, 0.25) is 0 Å². The summed E-state index contributed by atoms with van der Waals surface area (Å²) in [6.07, 6.45) is 1.32. The van der Waals surface area contributed by atoms with E-state index in [0.29, 0.717) is 18.8 Å². The number of carboxylic acid groups (broad SMARTS) is 1. The maximum atomic E-state index is 12.1. The highest BCUT2D eigenvalue weighted by Crippen LogP contribution is 2.27. The summed E-state index contributed by atoms with van der Waals surface area (Å²) in [4.78, 5) is 27.5. The average Bonchev–Trinajstić information content (AvgIpc) is 2.91. The fraction of sp³-hybridized carbons (Fsp3) is 0.368. The Kier molecular flexibility index (Phi) is 5.16. The van der Waals surface area contributed by atoms with Gasteiger partial charge in [-0.3, -0.25) is 9.59 Å². The van der Waals surface area contributed by atoms with Crippen molar-refractivity contribution in [2.75, 3.05) is 5.32 Å².